The highest BCUT2D eigenvalue weighted by Gasteiger charge is 2.69. The molecular weight excluding hydrogens is 282 g/mol. The van der Waals surface area contributed by atoms with Gasteiger partial charge < -0.3 is 10.1 Å². The van der Waals surface area contributed by atoms with E-state index in [0.717, 1.165) is 6.42 Å². The van der Waals surface area contributed by atoms with Gasteiger partial charge in [0.2, 0.25) is 5.91 Å². The predicted octanol–water partition coefficient (Wildman–Crippen LogP) is 0.201. The van der Waals surface area contributed by atoms with Crippen LogP contribution in [0.5, 0.6) is 0 Å². The van der Waals surface area contributed by atoms with Crippen LogP contribution in [0.3, 0.4) is 0 Å². The SMILES string of the molecule is C=CC(=O)NCCOC1(C)C2CC3C1OS(=O)(=O)C3C2. The Morgan fingerprint density at radius 3 is 3.00 bits per heavy atom. The third kappa shape index (κ3) is 1.91. The molecule has 0 spiro atoms. The zero-order valence-corrected chi connectivity index (χ0v) is 12.2. The molecule has 0 radical (unpaired) electrons. The molecule has 1 heterocycles. The first-order valence-corrected chi connectivity index (χ1v) is 8.32. The van der Waals surface area contributed by atoms with Crippen molar-refractivity contribution in [1.82, 2.24) is 5.32 Å². The molecule has 3 rings (SSSR count). The highest BCUT2D eigenvalue weighted by Crippen LogP contribution is 2.60. The summed E-state index contributed by atoms with van der Waals surface area (Å²) in [4.78, 5) is 11.0. The molecule has 112 valence electrons. The van der Waals surface area contributed by atoms with E-state index in [4.69, 9.17) is 8.92 Å². The molecule has 1 aliphatic heterocycles. The average Bonchev–Trinajstić information content (AvgIpc) is 2.99. The van der Waals surface area contributed by atoms with Crippen molar-refractivity contribution in [2.75, 3.05) is 13.2 Å². The summed E-state index contributed by atoms with van der Waals surface area (Å²) < 4.78 is 35.0. The molecule has 0 aromatic rings. The maximum Gasteiger partial charge on any atom is 0.270 e. The molecule has 6 nitrogen and oxygen atoms in total. The van der Waals surface area contributed by atoms with Gasteiger partial charge >= 0.3 is 0 Å². The molecule has 1 amide bonds. The van der Waals surface area contributed by atoms with Gasteiger partial charge in [-0.15, -0.1) is 0 Å². The third-order valence-electron chi connectivity index (χ3n) is 4.92. The molecule has 1 saturated heterocycles. The number of carbonyl (C=O) groups excluding carboxylic acids is 1. The normalized spacial score (nSPS) is 43.6. The Morgan fingerprint density at radius 1 is 1.55 bits per heavy atom. The summed E-state index contributed by atoms with van der Waals surface area (Å²) in [5, 5.41) is 2.30. The number of nitrogens with one attached hydrogen (secondary N) is 1. The van der Waals surface area contributed by atoms with Gasteiger partial charge in [0.1, 0.15) is 6.10 Å². The molecule has 2 saturated carbocycles. The third-order valence-corrected chi connectivity index (χ3v) is 6.68. The van der Waals surface area contributed by atoms with E-state index in [1.165, 1.54) is 6.08 Å². The van der Waals surface area contributed by atoms with Crippen LogP contribution < -0.4 is 5.32 Å². The molecular formula is C13H19NO5S. The Kier molecular flexibility index (Phi) is 3.19. The summed E-state index contributed by atoms with van der Waals surface area (Å²) in [5.74, 6) is 0.0408. The van der Waals surface area contributed by atoms with Crippen LogP contribution >= 0.6 is 0 Å². The van der Waals surface area contributed by atoms with Crippen molar-refractivity contribution >= 4 is 16.0 Å². The smallest absolute Gasteiger partial charge is 0.270 e. The molecule has 0 aromatic heterocycles. The standard InChI is InChI=1S/C13H19NO5S/c1-3-11(15)14-4-5-18-13(2)8-6-9-10(7-8)20(16,17)19-12(9)13/h3,8-10,12H,1,4-7H2,2H3,(H,14,15). The number of amides is 1. The van der Waals surface area contributed by atoms with Gasteiger partial charge in [0.05, 0.1) is 17.5 Å². The highest BCUT2D eigenvalue weighted by molar-refractivity contribution is 7.87. The van der Waals surface area contributed by atoms with Gasteiger partial charge in [-0.2, -0.15) is 8.42 Å². The van der Waals surface area contributed by atoms with Crippen molar-refractivity contribution < 1.29 is 22.1 Å². The van der Waals surface area contributed by atoms with Gasteiger partial charge in [-0.25, -0.2) is 0 Å². The Hall–Kier alpha value is -0.920. The summed E-state index contributed by atoms with van der Waals surface area (Å²) in [7, 11) is -3.41. The van der Waals surface area contributed by atoms with Crippen molar-refractivity contribution in [2.24, 2.45) is 11.8 Å². The topological polar surface area (TPSA) is 81.7 Å². The lowest BCUT2D eigenvalue weighted by molar-refractivity contribution is -0.123. The van der Waals surface area contributed by atoms with Crippen molar-refractivity contribution in [3.8, 4) is 0 Å². The fourth-order valence-electron chi connectivity index (χ4n) is 3.91. The van der Waals surface area contributed by atoms with Crippen molar-refractivity contribution in [1.29, 1.82) is 0 Å². The molecule has 2 bridgehead atoms. The zero-order chi connectivity index (χ0) is 14.5. The minimum atomic E-state index is -3.41. The average molecular weight is 301 g/mol. The minimum absolute atomic E-state index is 0.0674. The van der Waals surface area contributed by atoms with Gasteiger partial charge in [0.25, 0.3) is 10.1 Å². The van der Waals surface area contributed by atoms with Crippen molar-refractivity contribution in [2.45, 2.75) is 36.7 Å². The summed E-state index contributed by atoms with van der Waals surface area (Å²) in [5.41, 5.74) is -0.566. The van der Waals surface area contributed by atoms with Crippen molar-refractivity contribution in [3.05, 3.63) is 12.7 Å². The summed E-state index contributed by atoms with van der Waals surface area (Å²) in [6, 6.07) is 0. The summed E-state index contributed by atoms with van der Waals surface area (Å²) >= 11 is 0. The lowest BCUT2D eigenvalue weighted by Gasteiger charge is -2.36. The molecule has 2 aliphatic carbocycles. The highest BCUT2D eigenvalue weighted by atomic mass is 32.2. The fraction of sp³-hybridized carbons (Fsp3) is 0.769. The first kappa shape index (κ1) is 14.0. The van der Waals surface area contributed by atoms with E-state index in [2.05, 4.69) is 11.9 Å². The number of rotatable bonds is 5. The van der Waals surface area contributed by atoms with Gasteiger partial charge in [0, 0.05) is 12.5 Å². The van der Waals surface area contributed by atoms with E-state index in [9.17, 15) is 13.2 Å². The molecule has 1 N–H and O–H groups in total. The largest absolute Gasteiger partial charge is 0.370 e. The quantitative estimate of drug-likeness (QED) is 0.446. The lowest BCUT2D eigenvalue weighted by Crippen LogP contribution is -2.48. The van der Waals surface area contributed by atoms with E-state index in [0.29, 0.717) is 19.6 Å². The monoisotopic (exact) mass is 301 g/mol. The molecule has 3 fully saturated rings. The number of fused-ring (bicyclic) bond motifs is 1. The Bertz CT molecular complexity index is 545. The second-order valence-electron chi connectivity index (χ2n) is 5.91. The van der Waals surface area contributed by atoms with Gasteiger partial charge in [-0.1, -0.05) is 6.58 Å². The summed E-state index contributed by atoms with van der Waals surface area (Å²) in [6.07, 6.45) is 2.31. The second-order valence-corrected chi connectivity index (χ2v) is 7.69. The molecule has 3 aliphatic rings. The van der Waals surface area contributed by atoms with Crippen molar-refractivity contribution in [3.63, 3.8) is 0 Å². The lowest BCUT2D eigenvalue weighted by atomic mass is 9.83. The second kappa shape index (κ2) is 4.54. The Morgan fingerprint density at radius 2 is 2.30 bits per heavy atom. The first-order chi connectivity index (χ1) is 9.38. The van der Waals surface area contributed by atoms with Gasteiger partial charge in [0.15, 0.2) is 0 Å². The first-order valence-electron chi connectivity index (χ1n) is 6.85. The fourth-order valence-corrected chi connectivity index (χ4v) is 5.82. The van der Waals surface area contributed by atoms with E-state index >= 15 is 0 Å². The minimum Gasteiger partial charge on any atom is -0.370 e. The van der Waals surface area contributed by atoms with E-state index in [-0.39, 0.29) is 29.1 Å². The van der Waals surface area contributed by atoms with Gasteiger partial charge in [-0.3, -0.25) is 8.98 Å². The van der Waals surface area contributed by atoms with Crippen LogP contribution in [0.1, 0.15) is 19.8 Å². The van der Waals surface area contributed by atoms with Crippen LogP contribution in [0.25, 0.3) is 0 Å². The number of ether oxygens (including phenoxy) is 1. The van der Waals surface area contributed by atoms with Crippen LogP contribution in [-0.4, -0.2) is 44.4 Å². The molecule has 0 aromatic carbocycles. The predicted molar refractivity (Wildman–Crippen MR) is 71.4 cm³/mol. The molecule has 5 atom stereocenters. The number of hydrogen-bond donors (Lipinski definition) is 1. The Balaban J connectivity index is 1.63. The van der Waals surface area contributed by atoms with E-state index < -0.39 is 15.7 Å². The molecule has 7 heteroatoms. The molecule has 5 unspecified atom stereocenters. The van der Waals surface area contributed by atoms with Crippen LogP contribution in [0.4, 0.5) is 0 Å². The van der Waals surface area contributed by atoms with Crippen LogP contribution in [0, 0.1) is 11.8 Å². The van der Waals surface area contributed by atoms with Crippen LogP contribution in [0.15, 0.2) is 12.7 Å². The number of hydrogen-bond acceptors (Lipinski definition) is 5. The number of carbonyl (C=O) groups is 1. The molecule has 20 heavy (non-hydrogen) atoms. The van der Waals surface area contributed by atoms with E-state index in [1.807, 2.05) is 6.92 Å². The van der Waals surface area contributed by atoms with Crippen LogP contribution in [0.2, 0.25) is 0 Å². The van der Waals surface area contributed by atoms with Crippen LogP contribution in [-0.2, 0) is 23.8 Å². The van der Waals surface area contributed by atoms with Gasteiger partial charge in [-0.05, 0) is 31.8 Å². The zero-order valence-electron chi connectivity index (χ0n) is 11.4. The van der Waals surface area contributed by atoms with E-state index in [1.54, 1.807) is 0 Å². The maximum atomic E-state index is 11.9. The Labute approximate surface area is 118 Å². The maximum absolute atomic E-state index is 11.9. The summed E-state index contributed by atoms with van der Waals surface area (Å²) in [6.45, 7) is 6.01.